The molecule has 3 rings (SSSR count). The summed E-state index contributed by atoms with van der Waals surface area (Å²) in [5.74, 6) is 0.271. The Balaban J connectivity index is 1.82. The van der Waals surface area contributed by atoms with Crippen LogP contribution in [0.3, 0.4) is 0 Å². The second-order valence-electron chi connectivity index (χ2n) is 4.46. The normalized spacial score (nSPS) is 10.5. The Labute approximate surface area is 111 Å². The molecule has 94 valence electrons. The fraction of sp³-hybridized carbons (Fsp3) is 0.0625. The average molecular weight is 250 g/mol. The topological polar surface area (TPSA) is 38.0 Å². The molecule has 1 heterocycles. The van der Waals surface area contributed by atoms with Gasteiger partial charge in [-0.05, 0) is 29.8 Å². The van der Waals surface area contributed by atoms with Crippen LogP contribution in [0.5, 0.6) is 5.75 Å². The zero-order valence-electron chi connectivity index (χ0n) is 10.4. The van der Waals surface area contributed by atoms with Crippen molar-refractivity contribution in [3.8, 4) is 17.0 Å². The summed E-state index contributed by atoms with van der Waals surface area (Å²) in [6, 6.07) is 17.4. The van der Waals surface area contributed by atoms with Crippen molar-refractivity contribution in [3.63, 3.8) is 0 Å². The predicted octanol–water partition coefficient (Wildman–Crippen LogP) is 3.30. The van der Waals surface area contributed by atoms with E-state index in [1.54, 1.807) is 12.1 Å². The van der Waals surface area contributed by atoms with Crippen LogP contribution in [-0.2, 0) is 6.54 Å². The summed E-state index contributed by atoms with van der Waals surface area (Å²) in [4.78, 5) is 4.39. The molecule has 0 aliphatic carbocycles. The minimum Gasteiger partial charge on any atom is -0.508 e. The largest absolute Gasteiger partial charge is 0.508 e. The minimum atomic E-state index is 0.271. The Bertz CT molecular complexity index is 657. The van der Waals surface area contributed by atoms with Gasteiger partial charge >= 0.3 is 0 Å². The standard InChI is InChI=1S/C16H14N2O/c19-15-8-6-14(7-9-15)16-11-18(12-17-16)10-13-4-2-1-3-5-13/h1-9,11-12,19H,10H2. The zero-order chi connectivity index (χ0) is 13.1. The van der Waals surface area contributed by atoms with Gasteiger partial charge in [0.05, 0.1) is 12.0 Å². The third-order valence-corrected chi connectivity index (χ3v) is 3.00. The third kappa shape index (κ3) is 2.65. The van der Waals surface area contributed by atoms with Crippen LogP contribution in [0.25, 0.3) is 11.3 Å². The molecule has 3 nitrogen and oxygen atoms in total. The number of nitrogens with zero attached hydrogens (tertiary/aromatic N) is 2. The summed E-state index contributed by atoms with van der Waals surface area (Å²) in [6.07, 6.45) is 3.84. The van der Waals surface area contributed by atoms with Gasteiger partial charge in [-0.25, -0.2) is 4.98 Å². The summed E-state index contributed by atoms with van der Waals surface area (Å²) in [5, 5.41) is 9.28. The van der Waals surface area contributed by atoms with Gasteiger partial charge in [0.25, 0.3) is 0 Å². The molecule has 0 saturated heterocycles. The second-order valence-corrected chi connectivity index (χ2v) is 4.46. The van der Waals surface area contributed by atoms with E-state index in [-0.39, 0.29) is 5.75 Å². The molecule has 0 amide bonds. The van der Waals surface area contributed by atoms with Crippen molar-refractivity contribution >= 4 is 0 Å². The Morgan fingerprint density at radius 2 is 1.68 bits per heavy atom. The van der Waals surface area contributed by atoms with Crippen LogP contribution in [-0.4, -0.2) is 14.7 Å². The first kappa shape index (κ1) is 11.5. The fourth-order valence-electron chi connectivity index (χ4n) is 2.02. The molecular weight excluding hydrogens is 236 g/mol. The van der Waals surface area contributed by atoms with Crippen molar-refractivity contribution in [2.24, 2.45) is 0 Å². The van der Waals surface area contributed by atoms with Crippen LogP contribution >= 0.6 is 0 Å². The molecule has 0 saturated carbocycles. The molecule has 0 atom stereocenters. The minimum absolute atomic E-state index is 0.271. The molecule has 0 bridgehead atoms. The van der Waals surface area contributed by atoms with Crippen LogP contribution in [0, 0.1) is 0 Å². The number of phenols is 1. The van der Waals surface area contributed by atoms with Crippen molar-refractivity contribution < 1.29 is 5.11 Å². The average Bonchev–Trinajstić information content (AvgIpc) is 2.89. The first-order valence-electron chi connectivity index (χ1n) is 6.16. The van der Waals surface area contributed by atoms with Gasteiger partial charge in [-0.1, -0.05) is 30.3 Å². The number of hydrogen-bond acceptors (Lipinski definition) is 2. The van der Waals surface area contributed by atoms with E-state index in [2.05, 4.69) is 21.7 Å². The molecule has 19 heavy (non-hydrogen) atoms. The Hall–Kier alpha value is -2.55. The van der Waals surface area contributed by atoms with Crippen molar-refractivity contribution in [1.82, 2.24) is 9.55 Å². The van der Waals surface area contributed by atoms with Crippen LogP contribution < -0.4 is 0 Å². The lowest BCUT2D eigenvalue weighted by Gasteiger charge is -2.01. The van der Waals surface area contributed by atoms with Gasteiger partial charge in [-0.2, -0.15) is 0 Å². The highest BCUT2D eigenvalue weighted by Gasteiger charge is 2.02. The van der Waals surface area contributed by atoms with E-state index >= 15 is 0 Å². The molecule has 0 unspecified atom stereocenters. The molecule has 3 aromatic rings. The summed E-state index contributed by atoms with van der Waals surface area (Å²) in [6.45, 7) is 0.811. The molecule has 0 aliphatic rings. The summed E-state index contributed by atoms with van der Waals surface area (Å²) in [7, 11) is 0. The lowest BCUT2D eigenvalue weighted by atomic mass is 10.1. The maximum absolute atomic E-state index is 9.28. The van der Waals surface area contributed by atoms with E-state index in [1.165, 1.54) is 5.56 Å². The van der Waals surface area contributed by atoms with E-state index in [0.29, 0.717) is 0 Å². The van der Waals surface area contributed by atoms with Gasteiger partial charge < -0.3 is 9.67 Å². The SMILES string of the molecule is Oc1ccc(-c2cn(Cc3ccccc3)cn2)cc1. The van der Waals surface area contributed by atoms with Crippen LogP contribution in [0.4, 0.5) is 0 Å². The molecule has 0 fully saturated rings. The van der Waals surface area contributed by atoms with E-state index < -0.39 is 0 Å². The molecule has 0 aliphatic heterocycles. The number of benzene rings is 2. The van der Waals surface area contributed by atoms with Crippen LogP contribution in [0.1, 0.15) is 5.56 Å². The van der Waals surface area contributed by atoms with Gasteiger partial charge in [-0.3, -0.25) is 0 Å². The molecule has 0 radical (unpaired) electrons. The summed E-state index contributed by atoms with van der Waals surface area (Å²) >= 11 is 0. The highest BCUT2D eigenvalue weighted by atomic mass is 16.3. The first-order chi connectivity index (χ1) is 9.31. The lowest BCUT2D eigenvalue weighted by Crippen LogP contribution is -1.95. The smallest absolute Gasteiger partial charge is 0.115 e. The number of hydrogen-bond donors (Lipinski definition) is 1. The highest BCUT2D eigenvalue weighted by Crippen LogP contribution is 2.20. The first-order valence-corrected chi connectivity index (χ1v) is 6.16. The molecular formula is C16H14N2O. The molecule has 1 N–H and O–H groups in total. The van der Waals surface area contributed by atoms with Crippen LogP contribution in [0.15, 0.2) is 67.1 Å². The Morgan fingerprint density at radius 3 is 2.42 bits per heavy atom. The maximum atomic E-state index is 9.28. The summed E-state index contributed by atoms with van der Waals surface area (Å²) in [5.41, 5.74) is 3.16. The Kier molecular flexibility index (Phi) is 3.02. The van der Waals surface area contributed by atoms with Gasteiger partial charge in [0.1, 0.15) is 5.75 Å². The van der Waals surface area contributed by atoms with Crippen molar-refractivity contribution in [2.75, 3.05) is 0 Å². The number of aromatic nitrogens is 2. The summed E-state index contributed by atoms with van der Waals surface area (Å²) < 4.78 is 2.05. The second kappa shape index (κ2) is 4.98. The zero-order valence-corrected chi connectivity index (χ0v) is 10.4. The number of aromatic hydroxyl groups is 1. The van der Waals surface area contributed by atoms with Crippen molar-refractivity contribution in [3.05, 3.63) is 72.7 Å². The molecule has 1 aromatic heterocycles. The van der Waals surface area contributed by atoms with E-state index in [9.17, 15) is 5.11 Å². The predicted molar refractivity (Wildman–Crippen MR) is 74.9 cm³/mol. The number of imidazole rings is 1. The third-order valence-electron chi connectivity index (χ3n) is 3.00. The highest BCUT2D eigenvalue weighted by molar-refractivity contribution is 5.59. The van der Waals surface area contributed by atoms with Crippen molar-refractivity contribution in [2.45, 2.75) is 6.54 Å². The lowest BCUT2D eigenvalue weighted by molar-refractivity contribution is 0.475. The van der Waals surface area contributed by atoms with Gasteiger partial charge in [-0.15, -0.1) is 0 Å². The fourth-order valence-corrected chi connectivity index (χ4v) is 2.02. The number of rotatable bonds is 3. The molecule has 3 heteroatoms. The quantitative estimate of drug-likeness (QED) is 0.774. The van der Waals surface area contributed by atoms with Crippen LogP contribution in [0.2, 0.25) is 0 Å². The molecule has 2 aromatic carbocycles. The van der Waals surface area contributed by atoms with Gasteiger partial charge in [0.15, 0.2) is 0 Å². The van der Waals surface area contributed by atoms with Gasteiger partial charge in [0, 0.05) is 18.3 Å². The Morgan fingerprint density at radius 1 is 0.947 bits per heavy atom. The monoisotopic (exact) mass is 250 g/mol. The molecule has 0 spiro atoms. The maximum Gasteiger partial charge on any atom is 0.115 e. The van der Waals surface area contributed by atoms with Crippen molar-refractivity contribution in [1.29, 1.82) is 0 Å². The van der Waals surface area contributed by atoms with E-state index in [0.717, 1.165) is 17.8 Å². The van der Waals surface area contributed by atoms with E-state index in [4.69, 9.17) is 0 Å². The number of phenolic OH excluding ortho intramolecular Hbond substituents is 1. The van der Waals surface area contributed by atoms with E-state index in [1.807, 2.05) is 42.9 Å². The van der Waals surface area contributed by atoms with Gasteiger partial charge in [0.2, 0.25) is 0 Å².